The third-order valence-electron chi connectivity index (χ3n) is 3.58. The van der Waals surface area contributed by atoms with Gasteiger partial charge in [-0.1, -0.05) is 6.08 Å². The molecule has 2 rings (SSSR count). The van der Waals surface area contributed by atoms with E-state index in [1.807, 2.05) is 6.08 Å². The summed E-state index contributed by atoms with van der Waals surface area (Å²) in [5, 5.41) is 0. The summed E-state index contributed by atoms with van der Waals surface area (Å²) in [6.07, 6.45) is 9.61. The molecule has 2 heteroatoms. The molecule has 2 heterocycles. The lowest BCUT2D eigenvalue weighted by Crippen LogP contribution is -2.29. The highest BCUT2D eigenvalue weighted by Gasteiger charge is 2.37. The first-order valence-corrected chi connectivity index (χ1v) is 6.08. The van der Waals surface area contributed by atoms with Crippen LogP contribution >= 0.6 is 0 Å². The van der Waals surface area contributed by atoms with Crippen molar-refractivity contribution in [2.75, 3.05) is 0 Å². The third kappa shape index (κ3) is 2.69. The fourth-order valence-electron chi connectivity index (χ4n) is 2.75. The van der Waals surface area contributed by atoms with Gasteiger partial charge in [0.25, 0.3) is 0 Å². The quantitative estimate of drug-likeness (QED) is 0.513. The van der Waals surface area contributed by atoms with Gasteiger partial charge in [-0.3, -0.25) is 4.79 Å². The molecular formula is C13H20O2. The van der Waals surface area contributed by atoms with E-state index in [1.54, 1.807) is 0 Å². The number of ketones is 1. The summed E-state index contributed by atoms with van der Waals surface area (Å²) in [6, 6.07) is 0. The molecule has 2 aliphatic rings. The fraction of sp³-hybridized carbons (Fsp3) is 0.769. The summed E-state index contributed by atoms with van der Waals surface area (Å²) in [6.45, 7) is 3.67. The molecule has 2 bridgehead atoms. The zero-order valence-electron chi connectivity index (χ0n) is 9.28. The second-order valence-electron chi connectivity index (χ2n) is 4.77. The first-order chi connectivity index (χ1) is 7.29. The first kappa shape index (κ1) is 10.9. The van der Waals surface area contributed by atoms with Crippen molar-refractivity contribution in [3.63, 3.8) is 0 Å². The molecule has 2 fully saturated rings. The Labute approximate surface area is 91.7 Å². The summed E-state index contributed by atoms with van der Waals surface area (Å²) in [5.74, 6) is 0.748. The molecule has 0 N–H and O–H groups in total. The molecule has 0 aromatic carbocycles. The van der Waals surface area contributed by atoms with Crippen LogP contribution in [-0.2, 0) is 9.53 Å². The third-order valence-corrected chi connectivity index (χ3v) is 3.58. The number of ether oxygens (including phenoxy) is 1. The van der Waals surface area contributed by atoms with Gasteiger partial charge in [-0.2, -0.15) is 0 Å². The molecular weight excluding hydrogens is 188 g/mol. The number of hydrogen-bond donors (Lipinski definition) is 0. The van der Waals surface area contributed by atoms with Crippen molar-refractivity contribution >= 4 is 5.78 Å². The molecule has 0 aromatic heterocycles. The number of Topliss-reactive ketones (excluding diaryl/α,β-unsaturated/α-hetero) is 1. The van der Waals surface area contributed by atoms with Crippen LogP contribution in [-0.4, -0.2) is 18.0 Å². The lowest BCUT2D eigenvalue weighted by Gasteiger charge is -2.27. The van der Waals surface area contributed by atoms with Crippen LogP contribution in [0.2, 0.25) is 0 Å². The highest BCUT2D eigenvalue weighted by atomic mass is 16.5. The largest absolute Gasteiger partial charge is 0.375 e. The van der Waals surface area contributed by atoms with Gasteiger partial charge in [-0.15, -0.1) is 6.58 Å². The molecule has 0 aliphatic carbocycles. The predicted molar refractivity (Wildman–Crippen MR) is 59.7 cm³/mol. The van der Waals surface area contributed by atoms with Crippen molar-refractivity contribution in [1.29, 1.82) is 0 Å². The van der Waals surface area contributed by atoms with Crippen LogP contribution in [0.25, 0.3) is 0 Å². The molecule has 0 radical (unpaired) electrons. The Bertz CT molecular complexity index is 235. The minimum Gasteiger partial charge on any atom is -0.375 e. The van der Waals surface area contributed by atoms with E-state index in [-0.39, 0.29) is 0 Å². The minimum atomic E-state index is 0.293. The average Bonchev–Trinajstić information content (AvgIpc) is 2.58. The summed E-state index contributed by atoms with van der Waals surface area (Å²) in [4.78, 5) is 11.9. The molecule has 15 heavy (non-hydrogen) atoms. The van der Waals surface area contributed by atoms with Gasteiger partial charge in [-0.25, -0.2) is 0 Å². The van der Waals surface area contributed by atoms with E-state index in [2.05, 4.69) is 6.58 Å². The molecule has 84 valence electrons. The van der Waals surface area contributed by atoms with Crippen molar-refractivity contribution in [2.45, 2.75) is 57.2 Å². The van der Waals surface area contributed by atoms with Crippen LogP contribution in [0, 0.1) is 5.92 Å². The van der Waals surface area contributed by atoms with Crippen LogP contribution in [0.3, 0.4) is 0 Å². The van der Waals surface area contributed by atoms with Gasteiger partial charge >= 0.3 is 0 Å². The molecule has 0 saturated carbocycles. The van der Waals surface area contributed by atoms with E-state index in [0.29, 0.717) is 23.9 Å². The van der Waals surface area contributed by atoms with Crippen LogP contribution < -0.4 is 0 Å². The number of carbonyl (C=O) groups excluding carboxylic acids is 1. The van der Waals surface area contributed by atoms with Crippen molar-refractivity contribution in [2.24, 2.45) is 5.92 Å². The smallest absolute Gasteiger partial charge is 0.136 e. The lowest BCUT2D eigenvalue weighted by molar-refractivity contribution is -0.128. The average molecular weight is 208 g/mol. The number of unbranched alkanes of at least 4 members (excludes halogenated alkanes) is 1. The Hall–Kier alpha value is -0.630. The minimum absolute atomic E-state index is 0.293. The normalized spacial score (nSPS) is 34.0. The van der Waals surface area contributed by atoms with Crippen LogP contribution in [0.1, 0.15) is 44.9 Å². The molecule has 2 saturated heterocycles. The van der Waals surface area contributed by atoms with Crippen LogP contribution in [0.4, 0.5) is 0 Å². The highest BCUT2D eigenvalue weighted by Crippen LogP contribution is 2.36. The first-order valence-electron chi connectivity index (χ1n) is 6.08. The van der Waals surface area contributed by atoms with Gasteiger partial charge in [0, 0.05) is 12.3 Å². The van der Waals surface area contributed by atoms with E-state index < -0.39 is 0 Å². The Morgan fingerprint density at radius 1 is 1.33 bits per heavy atom. The summed E-state index contributed by atoms with van der Waals surface area (Å²) >= 11 is 0. The van der Waals surface area contributed by atoms with E-state index in [9.17, 15) is 4.79 Å². The van der Waals surface area contributed by atoms with Crippen molar-refractivity contribution in [3.8, 4) is 0 Å². The topological polar surface area (TPSA) is 26.3 Å². The van der Waals surface area contributed by atoms with Crippen LogP contribution in [0.15, 0.2) is 12.7 Å². The lowest BCUT2D eigenvalue weighted by atomic mass is 9.89. The van der Waals surface area contributed by atoms with Gasteiger partial charge in [0.15, 0.2) is 0 Å². The number of hydrogen-bond acceptors (Lipinski definition) is 2. The summed E-state index contributed by atoms with van der Waals surface area (Å²) in [5.41, 5.74) is 0. The Morgan fingerprint density at radius 3 is 2.60 bits per heavy atom. The highest BCUT2D eigenvalue weighted by molar-refractivity contribution is 5.81. The maximum atomic E-state index is 11.9. The molecule has 0 spiro atoms. The van der Waals surface area contributed by atoms with E-state index in [1.165, 1.54) is 12.8 Å². The summed E-state index contributed by atoms with van der Waals surface area (Å²) < 4.78 is 5.73. The SMILES string of the molecule is C=CCCCC(=O)C1CC2CCC(C1)O2. The zero-order valence-corrected chi connectivity index (χ0v) is 9.28. The van der Waals surface area contributed by atoms with E-state index >= 15 is 0 Å². The van der Waals surface area contributed by atoms with Crippen molar-refractivity contribution < 1.29 is 9.53 Å². The van der Waals surface area contributed by atoms with Crippen molar-refractivity contribution in [1.82, 2.24) is 0 Å². The predicted octanol–water partition coefficient (Wildman–Crippen LogP) is 2.87. The molecule has 2 nitrogen and oxygen atoms in total. The molecule has 0 amide bonds. The van der Waals surface area contributed by atoms with Gasteiger partial charge in [0.05, 0.1) is 12.2 Å². The Morgan fingerprint density at radius 2 is 2.00 bits per heavy atom. The molecule has 2 unspecified atom stereocenters. The molecule has 2 aliphatic heterocycles. The number of fused-ring (bicyclic) bond motifs is 2. The van der Waals surface area contributed by atoms with Gasteiger partial charge in [0.1, 0.15) is 5.78 Å². The number of rotatable bonds is 5. The second kappa shape index (κ2) is 4.93. The van der Waals surface area contributed by atoms with E-state index in [0.717, 1.165) is 32.1 Å². The number of carbonyl (C=O) groups is 1. The maximum absolute atomic E-state index is 11.9. The Balaban J connectivity index is 1.78. The molecule has 0 aromatic rings. The van der Waals surface area contributed by atoms with Crippen molar-refractivity contribution in [3.05, 3.63) is 12.7 Å². The van der Waals surface area contributed by atoms with Gasteiger partial charge in [0.2, 0.25) is 0 Å². The van der Waals surface area contributed by atoms with Crippen LogP contribution in [0.5, 0.6) is 0 Å². The number of allylic oxidation sites excluding steroid dienone is 1. The fourth-order valence-corrected chi connectivity index (χ4v) is 2.75. The molecule has 2 atom stereocenters. The summed E-state index contributed by atoms with van der Waals surface area (Å²) in [7, 11) is 0. The van der Waals surface area contributed by atoms with Gasteiger partial charge in [-0.05, 0) is 38.5 Å². The Kier molecular flexibility index (Phi) is 3.57. The standard InChI is InChI=1S/C13H20O2/c1-2-3-4-5-13(14)10-8-11-6-7-12(9-10)15-11/h2,10-12H,1,3-9H2. The zero-order chi connectivity index (χ0) is 10.7. The van der Waals surface area contributed by atoms with E-state index in [4.69, 9.17) is 4.74 Å². The monoisotopic (exact) mass is 208 g/mol. The second-order valence-corrected chi connectivity index (χ2v) is 4.77. The van der Waals surface area contributed by atoms with Gasteiger partial charge < -0.3 is 4.74 Å². The maximum Gasteiger partial charge on any atom is 0.136 e.